The van der Waals surface area contributed by atoms with E-state index in [4.69, 9.17) is 0 Å². The van der Waals surface area contributed by atoms with Gasteiger partial charge in [-0.2, -0.15) is 0 Å². The standard InChI is InChI=1S/C19H22N4O5S/c1-14-5-8-16(23(25)26)13-18(14)21-29(27,28)17-9-6-15(7-10-17)20-19(24)22-11-3-2-4-12-22/h5-10,13,21H,2-4,11-12H2,1H3,(H,20,24). The van der Waals surface area contributed by atoms with Crippen molar-refractivity contribution in [3.63, 3.8) is 0 Å². The second kappa shape index (κ2) is 8.48. The van der Waals surface area contributed by atoms with Crippen LogP contribution in [-0.2, 0) is 10.0 Å². The van der Waals surface area contributed by atoms with Crippen LogP contribution in [0.1, 0.15) is 24.8 Å². The van der Waals surface area contributed by atoms with Crippen LogP contribution in [0.5, 0.6) is 0 Å². The molecule has 0 unspecified atom stereocenters. The summed E-state index contributed by atoms with van der Waals surface area (Å²) in [5, 5.41) is 13.7. The molecule has 3 rings (SSSR count). The predicted molar refractivity (Wildman–Crippen MR) is 110 cm³/mol. The molecule has 0 aliphatic carbocycles. The number of carbonyl (C=O) groups excluding carboxylic acids is 1. The molecule has 1 aliphatic heterocycles. The van der Waals surface area contributed by atoms with Gasteiger partial charge in [0.05, 0.1) is 15.5 Å². The monoisotopic (exact) mass is 418 g/mol. The molecule has 2 amide bonds. The Kier molecular flexibility index (Phi) is 6.02. The zero-order valence-corrected chi connectivity index (χ0v) is 16.7. The summed E-state index contributed by atoms with van der Waals surface area (Å²) < 4.78 is 27.7. The molecular weight excluding hydrogens is 396 g/mol. The van der Waals surface area contributed by atoms with Gasteiger partial charge in [-0.1, -0.05) is 6.07 Å². The van der Waals surface area contributed by atoms with Crippen LogP contribution in [0.2, 0.25) is 0 Å². The molecule has 1 fully saturated rings. The highest BCUT2D eigenvalue weighted by molar-refractivity contribution is 7.92. The molecule has 0 bridgehead atoms. The van der Waals surface area contributed by atoms with E-state index >= 15 is 0 Å². The van der Waals surface area contributed by atoms with E-state index in [0.717, 1.165) is 19.3 Å². The van der Waals surface area contributed by atoms with Gasteiger partial charge in [0.2, 0.25) is 0 Å². The number of sulfonamides is 1. The van der Waals surface area contributed by atoms with Gasteiger partial charge in [0, 0.05) is 30.9 Å². The van der Waals surface area contributed by atoms with Crippen molar-refractivity contribution < 1.29 is 18.1 Å². The van der Waals surface area contributed by atoms with Crippen molar-refractivity contribution in [2.75, 3.05) is 23.1 Å². The number of benzene rings is 2. The number of piperidine rings is 1. The SMILES string of the molecule is Cc1ccc([N+](=O)[O-])cc1NS(=O)(=O)c1ccc(NC(=O)N2CCCCC2)cc1. The van der Waals surface area contributed by atoms with Crippen LogP contribution in [0.15, 0.2) is 47.4 Å². The van der Waals surface area contributed by atoms with E-state index in [1.54, 1.807) is 11.8 Å². The smallest absolute Gasteiger partial charge is 0.321 e. The average Bonchev–Trinajstić information content (AvgIpc) is 2.70. The number of non-ortho nitro benzene ring substituents is 1. The van der Waals surface area contributed by atoms with E-state index in [1.165, 1.54) is 42.5 Å². The second-order valence-corrected chi connectivity index (χ2v) is 8.55. The molecule has 2 aromatic carbocycles. The normalized spacial score (nSPS) is 14.3. The predicted octanol–water partition coefficient (Wildman–Crippen LogP) is 3.72. The van der Waals surface area contributed by atoms with Crippen LogP contribution in [-0.4, -0.2) is 37.4 Å². The third kappa shape index (κ3) is 5.02. The zero-order valence-electron chi connectivity index (χ0n) is 15.9. The molecule has 0 radical (unpaired) electrons. The number of nitro groups is 1. The summed E-state index contributed by atoms with van der Waals surface area (Å²) >= 11 is 0. The number of nitrogens with one attached hydrogen (secondary N) is 2. The zero-order chi connectivity index (χ0) is 21.0. The molecule has 1 aliphatic rings. The van der Waals surface area contributed by atoms with Crippen molar-refractivity contribution in [3.8, 4) is 0 Å². The summed E-state index contributed by atoms with van der Waals surface area (Å²) in [4.78, 5) is 24.3. The molecule has 9 nitrogen and oxygen atoms in total. The summed E-state index contributed by atoms with van der Waals surface area (Å²) in [6, 6.07) is 9.54. The number of hydrogen-bond donors (Lipinski definition) is 2. The van der Waals surface area contributed by atoms with Crippen LogP contribution in [0.25, 0.3) is 0 Å². The number of nitrogens with zero attached hydrogens (tertiary/aromatic N) is 2. The molecule has 2 N–H and O–H groups in total. The minimum atomic E-state index is -3.94. The fourth-order valence-electron chi connectivity index (χ4n) is 3.05. The minimum absolute atomic E-state index is 0.0145. The number of urea groups is 1. The van der Waals surface area contributed by atoms with E-state index in [9.17, 15) is 23.3 Å². The summed E-state index contributed by atoms with van der Waals surface area (Å²) in [5.41, 5.74) is 0.987. The first-order chi connectivity index (χ1) is 13.8. The number of nitro benzene ring substituents is 1. The lowest BCUT2D eigenvalue weighted by Crippen LogP contribution is -2.38. The first-order valence-electron chi connectivity index (χ1n) is 9.20. The number of likely N-dealkylation sites (tertiary alicyclic amines) is 1. The van der Waals surface area contributed by atoms with E-state index in [-0.39, 0.29) is 22.3 Å². The Bertz CT molecular complexity index is 1020. The molecular formula is C19H22N4O5S. The first kappa shape index (κ1) is 20.6. The molecule has 154 valence electrons. The third-order valence-corrected chi connectivity index (χ3v) is 6.12. The van der Waals surface area contributed by atoms with Gasteiger partial charge in [0.15, 0.2) is 0 Å². The van der Waals surface area contributed by atoms with Crippen LogP contribution in [0, 0.1) is 17.0 Å². The van der Waals surface area contributed by atoms with Gasteiger partial charge in [-0.3, -0.25) is 14.8 Å². The summed E-state index contributed by atoms with van der Waals surface area (Å²) in [5.74, 6) is 0. The summed E-state index contributed by atoms with van der Waals surface area (Å²) in [6.07, 6.45) is 3.08. The van der Waals surface area contributed by atoms with E-state index in [1.807, 2.05) is 0 Å². The third-order valence-electron chi connectivity index (χ3n) is 4.74. The highest BCUT2D eigenvalue weighted by Gasteiger charge is 2.19. The highest BCUT2D eigenvalue weighted by atomic mass is 32.2. The van der Waals surface area contributed by atoms with Crippen LogP contribution in [0.4, 0.5) is 21.9 Å². The molecule has 10 heteroatoms. The van der Waals surface area contributed by atoms with Gasteiger partial charge < -0.3 is 10.2 Å². The Morgan fingerprint density at radius 1 is 1.07 bits per heavy atom. The van der Waals surface area contributed by atoms with Gasteiger partial charge in [0.1, 0.15) is 0 Å². The van der Waals surface area contributed by atoms with Crippen LogP contribution >= 0.6 is 0 Å². The van der Waals surface area contributed by atoms with Crippen molar-refractivity contribution in [1.82, 2.24) is 4.90 Å². The van der Waals surface area contributed by atoms with Gasteiger partial charge >= 0.3 is 6.03 Å². The fraction of sp³-hybridized carbons (Fsp3) is 0.316. The summed E-state index contributed by atoms with van der Waals surface area (Å²) in [6.45, 7) is 3.08. The lowest BCUT2D eigenvalue weighted by Gasteiger charge is -2.26. The van der Waals surface area contributed by atoms with Crippen LogP contribution < -0.4 is 10.0 Å². The van der Waals surface area contributed by atoms with Crippen LogP contribution in [0.3, 0.4) is 0 Å². The number of amides is 2. The Morgan fingerprint density at radius 2 is 1.72 bits per heavy atom. The Balaban J connectivity index is 1.72. The topological polar surface area (TPSA) is 122 Å². The molecule has 0 aromatic heterocycles. The lowest BCUT2D eigenvalue weighted by atomic mass is 10.1. The maximum Gasteiger partial charge on any atom is 0.321 e. The Hall–Kier alpha value is -3.14. The minimum Gasteiger partial charge on any atom is -0.325 e. The quantitative estimate of drug-likeness (QED) is 0.566. The van der Waals surface area contributed by atoms with Crippen molar-refractivity contribution >= 4 is 33.1 Å². The highest BCUT2D eigenvalue weighted by Crippen LogP contribution is 2.25. The maximum atomic E-state index is 12.6. The van der Waals surface area contributed by atoms with Gasteiger partial charge in [0.25, 0.3) is 15.7 Å². The molecule has 29 heavy (non-hydrogen) atoms. The van der Waals surface area contributed by atoms with E-state index in [0.29, 0.717) is 24.3 Å². The average molecular weight is 418 g/mol. The molecule has 1 saturated heterocycles. The molecule has 2 aromatic rings. The number of carbonyl (C=O) groups is 1. The van der Waals surface area contributed by atoms with E-state index in [2.05, 4.69) is 10.0 Å². The van der Waals surface area contributed by atoms with Gasteiger partial charge in [-0.15, -0.1) is 0 Å². The maximum absolute atomic E-state index is 12.6. The van der Waals surface area contributed by atoms with E-state index < -0.39 is 14.9 Å². The van der Waals surface area contributed by atoms with Crippen molar-refractivity contribution in [2.45, 2.75) is 31.1 Å². The lowest BCUT2D eigenvalue weighted by molar-refractivity contribution is -0.384. The first-order valence-corrected chi connectivity index (χ1v) is 10.7. The fourth-order valence-corrected chi connectivity index (χ4v) is 4.18. The molecule has 0 spiro atoms. The number of anilines is 2. The number of hydrogen-bond acceptors (Lipinski definition) is 5. The van der Waals surface area contributed by atoms with Crippen molar-refractivity contribution in [2.24, 2.45) is 0 Å². The Labute approximate surface area is 168 Å². The Morgan fingerprint density at radius 3 is 2.34 bits per heavy atom. The second-order valence-electron chi connectivity index (χ2n) is 6.86. The number of rotatable bonds is 5. The largest absolute Gasteiger partial charge is 0.325 e. The molecule has 0 saturated carbocycles. The van der Waals surface area contributed by atoms with Gasteiger partial charge in [-0.05, 0) is 56.0 Å². The van der Waals surface area contributed by atoms with Crippen molar-refractivity contribution in [1.29, 1.82) is 0 Å². The summed E-state index contributed by atoms with van der Waals surface area (Å²) in [7, 11) is -3.94. The van der Waals surface area contributed by atoms with Gasteiger partial charge in [-0.25, -0.2) is 13.2 Å². The number of aryl methyl sites for hydroxylation is 1. The van der Waals surface area contributed by atoms with Crippen molar-refractivity contribution in [3.05, 3.63) is 58.1 Å². The molecule has 0 atom stereocenters. The molecule has 1 heterocycles.